The third-order valence-electron chi connectivity index (χ3n) is 4.85. The van der Waals surface area contributed by atoms with Crippen molar-refractivity contribution < 1.29 is 4.79 Å². The van der Waals surface area contributed by atoms with Gasteiger partial charge in [-0.1, -0.05) is 48.0 Å². The SMILES string of the molecule is Cc1ccccc1NC(=O)Cn1c(=O)n(Cc2ccccc2Cl)c(=O)c2nccnc21. The summed E-state index contributed by atoms with van der Waals surface area (Å²) in [4.78, 5) is 47.1. The highest BCUT2D eigenvalue weighted by Gasteiger charge is 2.18. The summed E-state index contributed by atoms with van der Waals surface area (Å²) in [6.45, 7) is 1.49. The molecule has 0 atom stereocenters. The third kappa shape index (κ3) is 4.10. The molecular formula is C22H18ClN5O3. The lowest BCUT2D eigenvalue weighted by Crippen LogP contribution is -2.42. The van der Waals surface area contributed by atoms with Crippen LogP contribution in [-0.4, -0.2) is 25.0 Å². The van der Waals surface area contributed by atoms with Crippen molar-refractivity contribution >= 4 is 34.4 Å². The van der Waals surface area contributed by atoms with Gasteiger partial charge in [-0.15, -0.1) is 0 Å². The van der Waals surface area contributed by atoms with Crippen LogP contribution in [-0.2, 0) is 17.9 Å². The molecule has 2 heterocycles. The van der Waals surface area contributed by atoms with Crippen LogP contribution in [0.15, 0.2) is 70.5 Å². The van der Waals surface area contributed by atoms with E-state index in [1.807, 2.05) is 19.1 Å². The molecule has 0 saturated carbocycles. The summed E-state index contributed by atoms with van der Waals surface area (Å²) >= 11 is 6.21. The highest BCUT2D eigenvalue weighted by molar-refractivity contribution is 6.31. The summed E-state index contributed by atoms with van der Waals surface area (Å²) in [5, 5.41) is 3.22. The molecule has 0 unspecified atom stereocenters. The number of anilines is 1. The summed E-state index contributed by atoms with van der Waals surface area (Å²) in [5.74, 6) is -0.425. The summed E-state index contributed by atoms with van der Waals surface area (Å²) in [6, 6.07) is 14.2. The van der Waals surface area contributed by atoms with Crippen LogP contribution >= 0.6 is 11.6 Å². The first-order chi connectivity index (χ1) is 15.0. The molecule has 0 spiro atoms. The van der Waals surface area contributed by atoms with Gasteiger partial charge in [0.15, 0.2) is 11.2 Å². The molecule has 4 rings (SSSR count). The van der Waals surface area contributed by atoms with Gasteiger partial charge < -0.3 is 5.32 Å². The molecule has 0 aliphatic rings. The molecule has 0 radical (unpaired) electrons. The third-order valence-corrected chi connectivity index (χ3v) is 5.22. The summed E-state index contributed by atoms with van der Waals surface area (Å²) in [7, 11) is 0. The molecule has 1 amide bonds. The number of benzene rings is 2. The van der Waals surface area contributed by atoms with E-state index in [4.69, 9.17) is 11.6 Å². The van der Waals surface area contributed by atoms with E-state index in [9.17, 15) is 14.4 Å². The lowest BCUT2D eigenvalue weighted by Gasteiger charge is -2.14. The standard InChI is InChI=1S/C22H18ClN5O3/c1-14-6-2-5-9-17(14)26-18(29)13-27-20-19(24-10-11-25-20)21(30)28(22(27)31)12-15-7-3-4-8-16(15)23/h2-11H,12-13H2,1H3,(H,26,29). The van der Waals surface area contributed by atoms with E-state index < -0.39 is 17.2 Å². The first-order valence-corrected chi connectivity index (χ1v) is 9.86. The highest BCUT2D eigenvalue weighted by Crippen LogP contribution is 2.16. The summed E-state index contributed by atoms with van der Waals surface area (Å²) < 4.78 is 2.16. The van der Waals surface area contributed by atoms with Crippen LogP contribution in [0.25, 0.3) is 11.2 Å². The Hall–Kier alpha value is -3.78. The largest absolute Gasteiger partial charge is 0.333 e. The smallest absolute Gasteiger partial charge is 0.324 e. The number of nitrogens with zero attached hydrogens (tertiary/aromatic N) is 4. The number of aromatic nitrogens is 4. The number of hydrogen-bond acceptors (Lipinski definition) is 5. The van der Waals surface area contributed by atoms with E-state index in [1.165, 1.54) is 12.4 Å². The number of aryl methyl sites for hydroxylation is 1. The minimum atomic E-state index is -0.669. The predicted octanol–water partition coefficient (Wildman–Crippen LogP) is 2.60. The number of hydrogen-bond donors (Lipinski definition) is 1. The zero-order valence-electron chi connectivity index (χ0n) is 16.6. The molecule has 8 nitrogen and oxygen atoms in total. The monoisotopic (exact) mass is 435 g/mol. The van der Waals surface area contributed by atoms with Gasteiger partial charge in [0.05, 0.1) is 6.54 Å². The van der Waals surface area contributed by atoms with Gasteiger partial charge in [0.1, 0.15) is 6.54 Å². The quantitative estimate of drug-likeness (QED) is 0.519. The lowest BCUT2D eigenvalue weighted by atomic mass is 10.2. The Bertz CT molecular complexity index is 1410. The fourth-order valence-corrected chi connectivity index (χ4v) is 3.45. The number of halogens is 1. The Kier molecular flexibility index (Phi) is 5.64. The summed E-state index contributed by atoms with van der Waals surface area (Å²) in [5.41, 5.74) is 0.909. The minimum Gasteiger partial charge on any atom is -0.324 e. The van der Waals surface area contributed by atoms with Gasteiger partial charge in [-0.25, -0.2) is 14.8 Å². The van der Waals surface area contributed by atoms with Crippen LogP contribution in [0.4, 0.5) is 5.69 Å². The van der Waals surface area contributed by atoms with Crippen molar-refractivity contribution in [1.29, 1.82) is 0 Å². The normalized spacial score (nSPS) is 10.9. The molecule has 9 heteroatoms. The van der Waals surface area contributed by atoms with Gasteiger partial charge in [-0.2, -0.15) is 0 Å². The van der Waals surface area contributed by atoms with E-state index in [-0.39, 0.29) is 24.3 Å². The number of carbonyl (C=O) groups excluding carboxylic acids is 1. The van der Waals surface area contributed by atoms with Crippen molar-refractivity contribution in [3.8, 4) is 0 Å². The van der Waals surface area contributed by atoms with E-state index in [1.54, 1.807) is 36.4 Å². The van der Waals surface area contributed by atoms with Crippen molar-refractivity contribution in [3.63, 3.8) is 0 Å². The summed E-state index contributed by atoms with van der Waals surface area (Å²) in [6.07, 6.45) is 2.74. The van der Waals surface area contributed by atoms with Crippen LogP contribution in [0.5, 0.6) is 0 Å². The molecule has 31 heavy (non-hydrogen) atoms. The molecule has 2 aromatic heterocycles. The van der Waals surface area contributed by atoms with Crippen molar-refractivity contribution in [2.45, 2.75) is 20.0 Å². The number of amides is 1. The van der Waals surface area contributed by atoms with Gasteiger partial charge in [0, 0.05) is 23.1 Å². The molecule has 0 aliphatic carbocycles. The van der Waals surface area contributed by atoms with Gasteiger partial charge >= 0.3 is 5.69 Å². The molecule has 2 aromatic carbocycles. The van der Waals surface area contributed by atoms with E-state index in [2.05, 4.69) is 15.3 Å². The molecule has 0 fully saturated rings. The van der Waals surface area contributed by atoms with Gasteiger partial charge in [-0.05, 0) is 30.2 Å². The number of fused-ring (bicyclic) bond motifs is 1. The molecule has 156 valence electrons. The number of carbonyl (C=O) groups is 1. The Morgan fingerprint density at radius 3 is 2.48 bits per heavy atom. The van der Waals surface area contributed by atoms with Crippen molar-refractivity contribution in [2.75, 3.05) is 5.32 Å². The van der Waals surface area contributed by atoms with Crippen LogP contribution in [0.2, 0.25) is 5.02 Å². The maximum absolute atomic E-state index is 13.2. The molecule has 0 aliphatic heterocycles. The zero-order chi connectivity index (χ0) is 22.0. The van der Waals surface area contributed by atoms with Gasteiger partial charge in [-0.3, -0.25) is 18.7 Å². The Labute approximate surface area is 181 Å². The maximum Gasteiger partial charge on any atom is 0.333 e. The van der Waals surface area contributed by atoms with Crippen LogP contribution in [0, 0.1) is 6.92 Å². The number of rotatable bonds is 5. The van der Waals surface area contributed by atoms with Crippen molar-refractivity contribution in [2.24, 2.45) is 0 Å². The minimum absolute atomic E-state index is 0.00200. The number of para-hydroxylation sites is 1. The van der Waals surface area contributed by atoms with Crippen LogP contribution in [0.3, 0.4) is 0 Å². The molecule has 0 saturated heterocycles. The fraction of sp³-hybridized carbons (Fsp3) is 0.136. The van der Waals surface area contributed by atoms with E-state index >= 15 is 0 Å². The molecular weight excluding hydrogens is 418 g/mol. The first kappa shape index (κ1) is 20.5. The number of nitrogens with one attached hydrogen (secondary N) is 1. The Morgan fingerprint density at radius 1 is 1.00 bits per heavy atom. The topological polar surface area (TPSA) is 98.9 Å². The second kappa shape index (κ2) is 8.53. The van der Waals surface area contributed by atoms with Gasteiger partial charge in [0.25, 0.3) is 5.56 Å². The zero-order valence-corrected chi connectivity index (χ0v) is 17.3. The average Bonchev–Trinajstić information content (AvgIpc) is 2.77. The first-order valence-electron chi connectivity index (χ1n) is 9.49. The maximum atomic E-state index is 13.2. The predicted molar refractivity (Wildman–Crippen MR) is 118 cm³/mol. The Morgan fingerprint density at radius 2 is 1.71 bits per heavy atom. The molecule has 0 bridgehead atoms. The van der Waals surface area contributed by atoms with Gasteiger partial charge in [0.2, 0.25) is 5.91 Å². The highest BCUT2D eigenvalue weighted by atomic mass is 35.5. The molecule has 4 aromatic rings. The second-order valence-corrected chi connectivity index (χ2v) is 7.35. The van der Waals surface area contributed by atoms with E-state index in [0.717, 1.165) is 14.7 Å². The van der Waals surface area contributed by atoms with Crippen molar-refractivity contribution in [3.05, 3.63) is 97.9 Å². The van der Waals surface area contributed by atoms with Crippen LogP contribution in [0.1, 0.15) is 11.1 Å². The fourth-order valence-electron chi connectivity index (χ4n) is 3.26. The average molecular weight is 436 g/mol. The van der Waals surface area contributed by atoms with Crippen molar-refractivity contribution in [1.82, 2.24) is 19.1 Å². The molecule has 1 N–H and O–H groups in total. The second-order valence-electron chi connectivity index (χ2n) is 6.94. The van der Waals surface area contributed by atoms with E-state index in [0.29, 0.717) is 16.3 Å². The van der Waals surface area contributed by atoms with Crippen LogP contribution < -0.4 is 16.6 Å². The lowest BCUT2D eigenvalue weighted by molar-refractivity contribution is -0.116. The Balaban J connectivity index is 1.78.